The van der Waals surface area contributed by atoms with Crippen molar-refractivity contribution in [3.8, 4) is 0 Å². The van der Waals surface area contributed by atoms with Gasteiger partial charge in [-0.05, 0) is 49.6 Å². The van der Waals surface area contributed by atoms with Crippen molar-refractivity contribution < 1.29 is 4.79 Å². The van der Waals surface area contributed by atoms with Crippen molar-refractivity contribution in [3.63, 3.8) is 0 Å². The number of nitrogens with one attached hydrogen (secondary N) is 1. The lowest BCUT2D eigenvalue weighted by Crippen LogP contribution is -2.21. The second-order valence-electron chi connectivity index (χ2n) is 6.83. The first kappa shape index (κ1) is 18.6. The number of anilines is 2. The topological polar surface area (TPSA) is 58.1 Å². The molecule has 138 valence electrons. The van der Waals surface area contributed by atoms with Crippen molar-refractivity contribution in [2.75, 3.05) is 17.3 Å². The molecule has 0 atom stereocenters. The normalized spacial score (nSPS) is 10.5. The molecule has 0 fully saturated rings. The Morgan fingerprint density at radius 1 is 0.963 bits per heavy atom. The summed E-state index contributed by atoms with van der Waals surface area (Å²) in [7, 11) is 1.96. The van der Waals surface area contributed by atoms with Gasteiger partial charge in [0.25, 0.3) is 5.91 Å². The number of amides is 1. The summed E-state index contributed by atoms with van der Waals surface area (Å²) >= 11 is 0. The molecule has 0 unspecified atom stereocenters. The second kappa shape index (κ2) is 7.99. The average molecular weight is 360 g/mol. The van der Waals surface area contributed by atoms with E-state index in [9.17, 15) is 4.79 Å². The monoisotopic (exact) mass is 360 g/mol. The van der Waals surface area contributed by atoms with Gasteiger partial charge in [-0.15, -0.1) is 0 Å². The van der Waals surface area contributed by atoms with Crippen LogP contribution in [-0.4, -0.2) is 22.9 Å². The standard InChI is InChI=1S/C22H24N4O/c1-15-10-16(2)12-19(11-15)25-22(27)20-13-21(24-17(3)23-20)26(4)14-18-8-6-5-7-9-18/h5-13H,14H2,1-4H3,(H,25,27). The molecular formula is C22H24N4O. The van der Waals surface area contributed by atoms with Gasteiger partial charge in [-0.1, -0.05) is 36.4 Å². The van der Waals surface area contributed by atoms with Crippen LogP contribution in [0.1, 0.15) is 33.0 Å². The average Bonchev–Trinajstić information content (AvgIpc) is 2.61. The van der Waals surface area contributed by atoms with Crippen molar-refractivity contribution >= 4 is 17.4 Å². The Morgan fingerprint density at radius 3 is 2.30 bits per heavy atom. The quantitative estimate of drug-likeness (QED) is 0.737. The zero-order valence-electron chi connectivity index (χ0n) is 16.2. The molecule has 1 amide bonds. The van der Waals surface area contributed by atoms with Gasteiger partial charge in [0.1, 0.15) is 17.3 Å². The van der Waals surface area contributed by atoms with Crippen molar-refractivity contribution in [2.24, 2.45) is 0 Å². The van der Waals surface area contributed by atoms with E-state index in [0.717, 1.165) is 22.6 Å². The van der Waals surface area contributed by atoms with Crippen LogP contribution in [0.5, 0.6) is 0 Å². The van der Waals surface area contributed by atoms with E-state index >= 15 is 0 Å². The molecule has 1 N–H and O–H groups in total. The van der Waals surface area contributed by atoms with Crippen LogP contribution in [0.15, 0.2) is 54.6 Å². The first-order valence-electron chi connectivity index (χ1n) is 8.91. The molecular weight excluding hydrogens is 336 g/mol. The summed E-state index contributed by atoms with van der Waals surface area (Å²) in [6.45, 7) is 6.52. The SMILES string of the molecule is Cc1cc(C)cc(NC(=O)c2cc(N(C)Cc3ccccc3)nc(C)n2)c1. The fourth-order valence-corrected chi connectivity index (χ4v) is 3.04. The summed E-state index contributed by atoms with van der Waals surface area (Å²) in [4.78, 5) is 23.5. The van der Waals surface area contributed by atoms with Gasteiger partial charge >= 0.3 is 0 Å². The van der Waals surface area contributed by atoms with Crippen LogP contribution >= 0.6 is 0 Å². The van der Waals surface area contributed by atoms with Gasteiger partial charge in [-0.2, -0.15) is 0 Å². The highest BCUT2D eigenvalue weighted by molar-refractivity contribution is 6.03. The maximum atomic E-state index is 12.7. The first-order chi connectivity index (χ1) is 12.9. The molecule has 1 heterocycles. The Bertz CT molecular complexity index is 934. The third-order valence-corrected chi connectivity index (χ3v) is 4.19. The highest BCUT2D eigenvalue weighted by atomic mass is 16.1. The van der Waals surface area contributed by atoms with Crippen molar-refractivity contribution in [1.29, 1.82) is 0 Å². The van der Waals surface area contributed by atoms with E-state index in [1.807, 2.05) is 56.1 Å². The van der Waals surface area contributed by atoms with Gasteiger partial charge in [0.15, 0.2) is 0 Å². The maximum Gasteiger partial charge on any atom is 0.274 e. The molecule has 0 saturated carbocycles. The predicted octanol–water partition coefficient (Wildman–Crippen LogP) is 4.29. The Hall–Kier alpha value is -3.21. The minimum atomic E-state index is -0.236. The van der Waals surface area contributed by atoms with Gasteiger partial charge in [-0.25, -0.2) is 9.97 Å². The summed E-state index contributed by atoms with van der Waals surface area (Å²) < 4.78 is 0. The molecule has 1 aromatic heterocycles. The molecule has 5 heteroatoms. The van der Waals surface area contributed by atoms with E-state index in [0.29, 0.717) is 18.1 Å². The van der Waals surface area contributed by atoms with Gasteiger partial charge in [0.05, 0.1) is 0 Å². The Morgan fingerprint density at radius 2 is 1.63 bits per heavy atom. The maximum absolute atomic E-state index is 12.7. The predicted molar refractivity (Wildman–Crippen MR) is 109 cm³/mol. The molecule has 3 aromatic rings. The lowest BCUT2D eigenvalue weighted by Gasteiger charge is -2.19. The number of rotatable bonds is 5. The summed E-state index contributed by atoms with van der Waals surface area (Å²) in [5.41, 5.74) is 4.52. The van der Waals surface area contributed by atoms with Crippen LogP contribution in [-0.2, 0) is 6.54 Å². The number of aromatic nitrogens is 2. The Balaban J connectivity index is 1.80. The van der Waals surface area contributed by atoms with E-state index in [1.165, 1.54) is 5.56 Å². The van der Waals surface area contributed by atoms with E-state index < -0.39 is 0 Å². The highest BCUT2D eigenvalue weighted by Crippen LogP contribution is 2.17. The van der Waals surface area contributed by atoms with Gasteiger partial charge in [0, 0.05) is 25.3 Å². The number of carbonyl (C=O) groups is 1. The van der Waals surface area contributed by atoms with Crippen LogP contribution in [0.3, 0.4) is 0 Å². The third kappa shape index (κ3) is 4.91. The molecule has 0 spiro atoms. The molecule has 0 aliphatic heterocycles. The third-order valence-electron chi connectivity index (χ3n) is 4.19. The zero-order valence-corrected chi connectivity index (χ0v) is 16.2. The number of hydrogen-bond acceptors (Lipinski definition) is 4. The lowest BCUT2D eigenvalue weighted by atomic mass is 10.1. The molecule has 5 nitrogen and oxygen atoms in total. The molecule has 0 aliphatic rings. The molecule has 0 radical (unpaired) electrons. The molecule has 3 rings (SSSR count). The van der Waals surface area contributed by atoms with Crippen LogP contribution in [0, 0.1) is 20.8 Å². The number of carbonyl (C=O) groups excluding carboxylic acids is 1. The second-order valence-corrected chi connectivity index (χ2v) is 6.83. The zero-order chi connectivity index (χ0) is 19.4. The number of hydrogen-bond donors (Lipinski definition) is 1. The van der Waals surface area contributed by atoms with E-state index in [2.05, 4.69) is 33.5 Å². The fraction of sp³-hybridized carbons (Fsp3) is 0.227. The lowest BCUT2D eigenvalue weighted by molar-refractivity contribution is 0.102. The Kier molecular flexibility index (Phi) is 5.50. The summed E-state index contributed by atoms with van der Waals surface area (Å²) in [5, 5.41) is 2.94. The molecule has 0 bridgehead atoms. The first-order valence-corrected chi connectivity index (χ1v) is 8.91. The van der Waals surface area contributed by atoms with Gasteiger partial charge in [0.2, 0.25) is 0 Å². The van der Waals surface area contributed by atoms with Gasteiger partial charge in [-0.3, -0.25) is 4.79 Å². The largest absolute Gasteiger partial charge is 0.355 e. The number of nitrogens with zero attached hydrogens (tertiary/aromatic N) is 3. The minimum absolute atomic E-state index is 0.236. The van der Waals surface area contributed by atoms with Crippen LogP contribution < -0.4 is 10.2 Å². The summed E-state index contributed by atoms with van der Waals surface area (Å²) in [6.07, 6.45) is 0. The fourth-order valence-electron chi connectivity index (χ4n) is 3.04. The van der Waals surface area contributed by atoms with Gasteiger partial charge < -0.3 is 10.2 Å². The molecule has 27 heavy (non-hydrogen) atoms. The highest BCUT2D eigenvalue weighted by Gasteiger charge is 2.13. The molecule has 0 aliphatic carbocycles. The Labute approximate surface area is 160 Å². The van der Waals surface area contributed by atoms with Crippen LogP contribution in [0.25, 0.3) is 0 Å². The van der Waals surface area contributed by atoms with E-state index in [4.69, 9.17) is 0 Å². The van der Waals surface area contributed by atoms with Crippen LogP contribution in [0.4, 0.5) is 11.5 Å². The van der Waals surface area contributed by atoms with Crippen molar-refractivity contribution in [3.05, 3.63) is 82.8 Å². The van der Waals surface area contributed by atoms with Crippen LogP contribution in [0.2, 0.25) is 0 Å². The van der Waals surface area contributed by atoms with E-state index in [1.54, 1.807) is 13.0 Å². The molecule has 2 aromatic carbocycles. The summed E-state index contributed by atoms with van der Waals surface area (Å²) in [5.74, 6) is 1.05. The van der Waals surface area contributed by atoms with E-state index in [-0.39, 0.29) is 5.91 Å². The number of aryl methyl sites for hydroxylation is 3. The minimum Gasteiger partial charge on any atom is -0.355 e. The smallest absolute Gasteiger partial charge is 0.274 e. The number of benzene rings is 2. The van der Waals surface area contributed by atoms with Crippen molar-refractivity contribution in [1.82, 2.24) is 9.97 Å². The van der Waals surface area contributed by atoms with Crippen molar-refractivity contribution in [2.45, 2.75) is 27.3 Å². The molecule has 0 saturated heterocycles. The summed E-state index contributed by atoms with van der Waals surface area (Å²) in [6, 6.07) is 17.8.